The molecule has 0 saturated carbocycles. The van der Waals surface area contributed by atoms with Gasteiger partial charge >= 0.3 is 6.03 Å². The fourth-order valence-electron chi connectivity index (χ4n) is 5.29. The minimum absolute atomic E-state index is 0.0881. The first-order chi connectivity index (χ1) is 17.2. The number of aromatic nitrogens is 1. The van der Waals surface area contributed by atoms with E-state index >= 15 is 0 Å². The van der Waals surface area contributed by atoms with Gasteiger partial charge in [0.25, 0.3) is 5.91 Å². The van der Waals surface area contributed by atoms with Crippen LogP contribution >= 0.6 is 11.3 Å². The maximum Gasteiger partial charge on any atom is 0.326 e. The summed E-state index contributed by atoms with van der Waals surface area (Å²) in [5.41, 5.74) is 1.28. The molecule has 1 N–H and O–H groups in total. The highest BCUT2D eigenvalue weighted by Gasteiger charge is 2.54. The van der Waals surface area contributed by atoms with Crippen molar-refractivity contribution in [2.45, 2.75) is 30.8 Å². The molecule has 2 aliphatic heterocycles. The highest BCUT2D eigenvalue weighted by molar-refractivity contribution is 7.18. The number of nitrogens with zero attached hydrogens (tertiary/aromatic N) is 3. The molecule has 7 heteroatoms. The van der Waals surface area contributed by atoms with Crippen LogP contribution in [-0.2, 0) is 10.3 Å². The summed E-state index contributed by atoms with van der Waals surface area (Å²) < 4.78 is 1.16. The van der Waals surface area contributed by atoms with E-state index in [2.05, 4.69) is 16.3 Å². The van der Waals surface area contributed by atoms with Gasteiger partial charge in [0.15, 0.2) is 5.54 Å². The molecule has 4 aromatic rings. The summed E-state index contributed by atoms with van der Waals surface area (Å²) in [5, 5.41) is 4.11. The van der Waals surface area contributed by atoms with Gasteiger partial charge in [0, 0.05) is 6.54 Å². The van der Waals surface area contributed by atoms with Crippen molar-refractivity contribution in [3.05, 3.63) is 101 Å². The number of nitrogens with one attached hydrogen (secondary N) is 1. The maximum absolute atomic E-state index is 14.1. The van der Waals surface area contributed by atoms with Crippen molar-refractivity contribution in [1.82, 2.24) is 20.1 Å². The molecule has 0 spiro atoms. The van der Waals surface area contributed by atoms with Crippen molar-refractivity contribution in [2.24, 2.45) is 0 Å². The highest BCUT2D eigenvalue weighted by Crippen LogP contribution is 2.39. The lowest BCUT2D eigenvalue weighted by Gasteiger charge is -2.36. The number of benzene rings is 3. The number of carbonyl (C=O) groups is 2. The van der Waals surface area contributed by atoms with Crippen molar-refractivity contribution in [3.8, 4) is 0 Å². The van der Waals surface area contributed by atoms with Crippen LogP contribution in [0.5, 0.6) is 0 Å². The zero-order valence-corrected chi connectivity index (χ0v) is 20.1. The SMILES string of the molecule is O=C1NC(c2ccccc2)(c2ccccc2)C(=O)N1CN1CCCCC1c1nc2ccccc2s1. The van der Waals surface area contributed by atoms with E-state index in [1.807, 2.05) is 78.9 Å². The Bertz CT molecular complexity index is 1300. The van der Waals surface area contributed by atoms with Gasteiger partial charge in [-0.15, -0.1) is 11.3 Å². The third-order valence-electron chi connectivity index (χ3n) is 7.05. The topological polar surface area (TPSA) is 65.5 Å². The summed E-state index contributed by atoms with van der Waals surface area (Å²) >= 11 is 1.70. The van der Waals surface area contributed by atoms with Gasteiger partial charge in [-0.3, -0.25) is 9.69 Å². The highest BCUT2D eigenvalue weighted by atomic mass is 32.1. The molecule has 0 radical (unpaired) electrons. The molecule has 2 fully saturated rings. The number of imide groups is 1. The molecule has 1 aromatic heterocycles. The largest absolute Gasteiger partial charge is 0.326 e. The fraction of sp³-hybridized carbons (Fsp3) is 0.250. The quantitative estimate of drug-likeness (QED) is 0.393. The molecule has 3 aromatic carbocycles. The Morgan fingerprint density at radius 2 is 1.54 bits per heavy atom. The van der Waals surface area contributed by atoms with Gasteiger partial charge < -0.3 is 5.32 Å². The van der Waals surface area contributed by atoms with E-state index in [1.54, 1.807) is 11.3 Å². The molecular weight excluding hydrogens is 456 g/mol. The van der Waals surface area contributed by atoms with Crippen LogP contribution in [0.25, 0.3) is 10.2 Å². The summed E-state index contributed by atoms with van der Waals surface area (Å²) in [7, 11) is 0. The first kappa shape index (κ1) is 21.9. The van der Waals surface area contributed by atoms with Gasteiger partial charge in [0.1, 0.15) is 5.01 Å². The van der Waals surface area contributed by atoms with Gasteiger partial charge in [-0.2, -0.15) is 0 Å². The zero-order valence-electron chi connectivity index (χ0n) is 19.3. The predicted molar refractivity (Wildman–Crippen MR) is 137 cm³/mol. The number of piperidine rings is 1. The maximum atomic E-state index is 14.1. The van der Waals surface area contributed by atoms with Crippen LogP contribution in [0, 0.1) is 0 Å². The lowest BCUT2D eigenvalue weighted by molar-refractivity contribution is -0.132. The lowest BCUT2D eigenvalue weighted by atomic mass is 9.83. The van der Waals surface area contributed by atoms with Crippen molar-refractivity contribution in [2.75, 3.05) is 13.2 Å². The number of amides is 3. The van der Waals surface area contributed by atoms with Crippen LogP contribution in [0.15, 0.2) is 84.9 Å². The third kappa shape index (κ3) is 3.72. The molecule has 35 heavy (non-hydrogen) atoms. The zero-order chi connectivity index (χ0) is 23.8. The molecule has 0 bridgehead atoms. The van der Waals surface area contributed by atoms with Crippen molar-refractivity contribution >= 4 is 33.5 Å². The van der Waals surface area contributed by atoms with E-state index in [-0.39, 0.29) is 24.6 Å². The minimum atomic E-state index is -1.24. The number of hydrogen-bond donors (Lipinski definition) is 1. The average Bonchev–Trinajstić information content (AvgIpc) is 3.45. The van der Waals surface area contributed by atoms with Crippen molar-refractivity contribution < 1.29 is 9.59 Å². The molecule has 3 heterocycles. The number of para-hydroxylation sites is 1. The van der Waals surface area contributed by atoms with Gasteiger partial charge in [-0.1, -0.05) is 79.2 Å². The molecule has 1 unspecified atom stereocenters. The average molecular weight is 483 g/mol. The second-order valence-corrected chi connectivity index (χ2v) is 10.2. The molecular formula is C28H26N4O2S. The Balaban J connectivity index is 1.34. The van der Waals surface area contributed by atoms with Gasteiger partial charge in [0.05, 0.1) is 22.9 Å². The van der Waals surface area contributed by atoms with E-state index in [0.717, 1.165) is 52.2 Å². The van der Waals surface area contributed by atoms with Gasteiger partial charge in [0.2, 0.25) is 0 Å². The summed E-state index contributed by atoms with van der Waals surface area (Å²) in [5.74, 6) is -0.242. The molecule has 3 amide bonds. The second-order valence-electron chi connectivity index (χ2n) is 9.13. The van der Waals surface area contributed by atoms with Crippen LogP contribution < -0.4 is 5.32 Å². The second kappa shape index (κ2) is 8.91. The van der Waals surface area contributed by atoms with Gasteiger partial charge in [-0.05, 0) is 36.1 Å². The molecule has 0 aliphatic carbocycles. The number of carbonyl (C=O) groups excluding carboxylic acids is 2. The standard InChI is InChI=1S/C28H26N4O2S/c33-26-28(20-11-3-1-4-12-20,21-13-5-2-6-14-21)30-27(34)32(26)19-31-18-10-9-16-23(31)25-29-22-15-7-8-17-24(22)35-25/h1-8,11-15,17,23H,9-10,16,18-19H2,(H,30,34). The first-order valence-corrected chi connectivity index (χ1v) is 12.8. The Labute approximate surface area is 208 Å². The Morgan fingerprint density at radius 3 is 2.23 bits per heavy atom. The third-order valence-corrected chi connectivity index (χ3v) is 8.19. The van der Waals surface area contributed by atoms with Crippen LogP contribution in [0.2, 0.25) is 0 Å². The van der Waals surface area contributed by atoms with Crippen LogP contribution in [0.3, 0.4) is 0 Å². The van der Waals surface area contributed by atoms with Crippen LogP contribution in [0.1, 0.15) is 41.4 Å². The van der Waals surface area contributed by atoms with Crippen molar-refractivity contribution in [3.63, 3.8) is 0 Å². The fourth-order valence-corrected chi connectivity index (χ4v) is 6.43. The molecule has 2 aliphatic rings. The lowest BCUT2D eigenvalue weighted by Crippen LogP contribution is -2.47. The first-order valence-electron chi connectivity index (χ1n) is 12.0. The van der Waals surface area contributed by atoms with E-state index < -0.39 is 5.54 Å². The monoisotopic (exact) mass is 482 g/mol. The molecule has 6 nitrogen and oxygen atoms in total. The smallest absolute Gasteiger partial charge is 0.315 e. The number of hydrogen-bond acceptors (Lipinski definition) is 5. The Hall–Kier alpha value is -3.55. The summed E-state index contributed by atoms with van der Waals surface area (Å²) in [6, 6.07) is 26.9. The summed E-state index contributed by atoms with van der Waals surface area (Å²) in [4.78, 5) is 36.0. The number of thiazole rings is 1. The number of rotatable bonds is 5. The summed E-state index contributed by atoms with van der Waals surface area (Å²) in [6.07, 6.45) is 3.11. The van der Waals surface area contributed by atoms with Crippen LogP contribution in [-0.4, -0.2) is 39.9 Å². The summed E-state index contributed by atoms with van der Waals surface area (Å²) in [6.45, 7) is 1.06. The number of likely N-dealkylation sites (tertiary alicyclic amines) is 1. The molecule has 6 rings (SSSR count). The minimum Gasteiger partial charge on any atom is -0.315 e. The van der Waals surface area contributed by atoms with E-state index in [0.29, 0.717) is 0 Å². The van der Waals surface area contributed by atoms with Crippen molar-refractivity contribution in [1.29, 1.82) is 0 Å². The van der Waals surface area contributed by atoms with E-state index in [1.165, 1.54) is 4.90 Å². The molecule has 176 valence electrons. The Kier molecular flexibility index (Phi) is 5.59. The molecule has 1 atom stereocenters. The molecule has 2 saturated heterocycles. The van der Waals surface area contributed by atoms with E-state index in [9.17, 15) is 9.59 Å². The normalized spacial score (nSPS) is 20.3. The Morgan fingerprint density at radius 1 is 0.886 bits per heavy atom. The van der Waals surface area contributed by atoms with Gasteiger partial charge in [-0.25, -0.2) is 14.7 Å². The number of fused-ring (bicyclic) bond motifs is 1. The predicted octanol–water partition coefficient (Wildman–Crippen LogP) is 5.28. The van der Waals surface area contributed by atoms with Crippen LogP contribution in [0.4, 0.5) is 4.79 Å². The van der Waals surface area contributed by atoms with E-state index in [4.69, 9.17) is 4.98 Å². The number of urea groups is 1.